The van der Waals surface area contributed by atoms with Gasteiger partial charge in [0.1, 0.15) is 30.0 Å². The van der Waals surface area contributed by atoms with Crippen molar-refractivity contribution in [2.24, 2.45) is 7.05 Å². The molecule has 0 fully saturated rings. The number of hydrogen-bond donors (Lipinski definition) is 1. The van der Waals surface area contributed by atoms with Crippen molar-refractivity contribution in [3.8, 4) is 11.5 Å². The van der Waals surface area contributed by atoms with Crippen molar-refractivity contribution in [1.82, 2.24) is 9.55 Å². The molecule has 0 aliphatic heterocycles. The third-order valence-electron chi connectivity index (χ3n) is 6.93. The number of carbonyl (C=O) groups is 2. The second-order valence-electron chi connectivity index (χ2n) is 9.54. The lowest BCUT2D eigenvalue weighted by Crippen LogP contribution is -2.33. The average molecular weight is 586 g/mol. The van der Waals surface area contributed by atoms with Crippen LogP contribution in [0.5, 0.6) is 11.5 Å². The molecule has 0 unspecified atom stereocenters. The van der Waals surface area contributed by atoms with E-state index in [0.717, 1.165) is 28.2 Å². The number of benzene rings is 4. The smallest absolute Gasteiger partial charge is 0.328 e. The zero-order valence-electron chi connectivity index (χ0n) is 23.6. The van der Waals surface area contributed by atoms with E-state index in [9.17, 15) is 9.59 Å². The second kappa shape index (κ2) is 13.7. The molecule has 9 heteroatoms. The summed E-state index contributed by atoms with van der Waals surface area (Å²) >= 11 is 0. The number of ketones is 1. The van der Waals surface area contributed by atoms with Gasteiger partial charge in [-0.2, -0.15) is 0 Å². The predicted octanol–water partition coefficient (Wildman–Crippen LogP) is 6.01. The maximum atomic E-state index is 13.2. The molecule has 4 aromatic carbocycles. The van der Waals surface area contributed by atoms with Crippen molar-refractivity contribution in [2.75, 3.05) is 19.5 Å². The van der Waals surface area contributed by atoms with Crippen LogP contribution in [0.1, 0.15) is 27.3 Å². The first-order valence-corrected chi connectivity index (χ1v) is 13.2. The molecule has 0 radical (unpaired) electrons. The fourth-order valence-electron chi connectivity index (χ4n) is 4.66. The predicted molar refractivity (Wildman–Crippen MR) is 165 cm³/mol. The molecule has 42 heavy (non-hydrogen) atoms. The fourth-order valence-corrected chi connectivity index (χ4v) is 4.66. The van der Waals surface area contributed by atoms with E-state index in [1.54, 1.807) is 37.4 Å². The van der Waals surface area contributed by atoms with Gasteiger partial charge in [-0.3, -0.25) is 4.79 Å². The molecule has 0 spiro atoms. The number of imidazole rings is 1. The molecule has 5 rings (SSSR count). The Morgan fingerprint density at radius 2 is 1.57 bits per heavy atom. The number of rotatable bonds is 11. The fraction of sp³-hybridized carbons (Fsp3) is 0.182. The molecule has 1 heterocycles. The lowest BCUT2D eigenvalue weighted by atomic mass is 10.00. The van der Waals surface area contributed by atoms with Gasteiger partial charge in [-0.25, -0.2) is 9.78 Å². The zero-order valence-corrected chi connectivity index (χ0v) is 24.4. The van der Waals surface area contributed by atoms with E-state index in [0.29, 0.717) is 35.6 Å². The number of nitrogens with one attached hydrogen (secondary N) is 1. The summed E-state index contributed by atoms with van der Waals surface area (Å²) in [7, 11) is 4.94. The lowest BCUT2D eigenvalue weighted by Gasteiger charge is -2.20. The van der Waals surface area contributed by atoms with Crippen LogP contribution >= 0.6 is 12.4 Å². The topological polar surface area (TPSA) is 91.7 Å². The number of carbonyl (C=O) groups excluding carboxylic acids is 2. The van der Waals surface area contributed by atoms with E-state index < -0.39 is 12.0 Å². The third kappa shape index (κ3) is 6.72. The van der Waals surface area contributed by atoms with Crippen molar-refractivity contribution < 1.29 is 23.8 Å². The van der Waals surface area contributed by atoms with Gasteiger partial charge in [-0.05, 0) is 42.0 Å². The number of halogens is 1. The average Bonchev–Trinajstić information content (AvgIpc) is 3.34. The Kier molecular flexibility index (Phi) is 9.83. The molecule has 0 aliphatic rings. The molecule has 0 saturated carbocycles. The number of fused-ring (bicyclic) bond motifs is 1. The quantitative estimate of drug-likeness (QED) is 0.150. The summed E-state index contributed by atoms with van der Waals surface area (Å²) in [5.74, 6) is 1.69. The van der Waals surface area contributed by atoms with E-state index >= 15 is 0 Å². The molecular weight excluding hydrogens is 554 g/mol. The zero-order chi connectivity index (χ0) is 28.8. The van der Waals surface area contributed by atoms with Gasteiger partial charge < -0.3 is 24.1 Å². The van der Waals surface area contributed by atoms with E-state index in [2.05, 4.69) is 10.3 Å². The molecule has 8 nitrogen and oxygen atoms in total. The van der Waals surface area contributed by atoms with Crippen LogP contribution in [0.4, 0.5) is 5.69 Å². The highest BCUT2D eigenvalue weighted by Crippen LogP contribution is 2.24. The molecule has 216 valence electrons. The standard InChI is InChI=1S/C33H31N3O5.ClH/c1-36-30-20-25(39-2)17-18-28(30)35-31(36)21-41-24-15-13-22(14-16-24)19-29(33(38)40-3)34-27-12-8-7-11-26(27)32(37)23-9-5-4-6-10-23;/h4-18,20,29,34H,19,21H2,1-3H3;1H/t29-;/m0./s1. The Bertz CT molecular complexity index is 1670. The molecule has 0 saturated heterocycles. The molecule has 0 amide bonds. The summed E-state index contributed by atoms with van der Waals surface area (Å²) in [6, 6.07) is 28.8. The number of ether oxygens (including phenoxy) is 3. The highest BCUT2D eigenvalue weighted by atomic mass is 35.5. The van der Waals surface area contributed by atoms with Crippen LogP contribution < -0.4 is 14.8 Å². The maximum Gasteiger partial charge on any atom is 0.328 e. The molecule has 1 atom stereocenters. The molecular formula is C33H32ClN3O5. The van der Waals surface area contributed by atoms with Gasteiger partial charge in [-0.1, -0.05) is 54.6 Å². The largest absolute Gasteiger partial charge is 0.497 e. The SMILES string of the molecule is COC(=O)[C@H](Cc1ccc(OCc2nc3ccc(OC)cc3n2C)cc1)Nc1ccccc1C(=O)c1ccccc1.Cl. The molecule has 5 aromatic rings. The van der Waals surface area contributed by atoms with Gasteiger partial charge in [0.05, 0.1) is 25.3 Å². The summed E-state index contributed by atoms with van der Waals surface area (Å²) in [6.07, 6.45) is 0.355. The van der Waals surface area contributed by atoms with Gasteiger partial charge in [-0.15, -0.1) is 12.4 Å². The molecule has 1 N–H and O–H groups in total. The van der Waals surface area contributed by atoms with Gasteiger partial charge in [0.15, 0.2) is 5.78 Å². The molecule has 0 aliphatic carbocycles. The minimum atomic E-state index is -0.700. The number of methoxy groups -OCH3 is 2. The van der Waals surface area contributed by atoms with Crippen molar-refractivity contribution in [3.63, 3.8) is 0 Å². The summed E-state index contributed by atoms with van der Waals surface area (Å²) in [5.41, 5.74) is 4.36. The summed E-state index contributed by atoms with van der Waals surface area (Å²) in [6.45, 7) is 0.297. The number of nitrogens with zero attached hydrogens (tertiary/aromatic N) is 2. The second-order valence-corrected chi connectivity index (χ2v) is 9.54. The normalized spacial score (nSPS) is 11.3. The first-order chi connectivity index (χ1) is 20.0. The van der Waals surface area contributed by atoms with Gasteiger partial charge in [0, 0.05) is 36.3 Å². The minimum Gasteiger partial charge on any atom is -0.497 e. The summed E-state index contributed by atoms with van der Waals surface area (Å²) < 4.78 is 18.4. The van der Waals surface area contributed by atoms with Crippen molar-refractivity contribution in [1.29, 1.82) is 0 Å². The number of aromatic nitrogens is 2. The van der Waals surface area contributed by atoms with Crippen LogP contribution in [0, 0.1) is 0 Å². The van der Waals surface area contributed by atoms with Crippen LogP contribution in [0.15, 0.2) is 97.1 Å². The Balaban J connectivity index is 0.00000405. The lowest BCUT2D eigenvalue weighted by molar-refractivity contribution is -0.141. The van der Waals surface area contributed by atoms with Crippen molar-refractivity contribution in [3.05, 3.63) is 120 Å². The van der Waals surface area contributed by atoms with Crippen LogP contribution in [-0.2, 0) is 29.6 Å². The Morgan fingerprint density at radius 1 is 0.881 bits per heavy atom. The number of aryl methyl sites for hydroxylation is 1. The maximum absolute atomic E-state index is 13.2. The highest BCUT2D eigenvalue weighted by molar-refractivity contribution is 6.12. The van der Waals surface area contributed by atoms with Crippen molar-refractivity contribution >= 4 is 40.9 Å². The molecule has 0 bridgehead atoms. The number of anilines is 1. The Hall–Kier alpha value is -4.82. The minimum absolute atomic E-state index is 0. The van der Waals surface area contributed by atoms with Gasteiger partial charge in [0.25, 0.3) is 0 Å². The van der Waals surface area contributed by atoms with Gasteiger partial charge in [0.2, 0.25) is 0 Å². The van der Waals surface area contributed by atoms with Crippen molar-refractivity contribution in [2.45, 2.75) is 19.1 Å². The molecule has 1 aromatic heterocycles. The summed E-state index contributed by atoms with van der Waals surface area (Å²) in [4.78, 5) is 30.6. The number of para-hydroxylation sites is 1. The number of esters is 1. The van der Waals surface area contributed by atoms with Crippen LogP contribution in [0.25, 0.3) is 11.0 Å². The summed E-state index contributed by atoms with van der Waals surface area (Å²) in [5, 5.41) is 3.24. The Morgan fingerprint density at radius 3 is 2.29 bits per heavy atom. The number of hydrogen-bond acceptors (Lipinski definition) is 7. The van der Waals surface area contributed by atoms with E-state index in [1.165, 1.54) is 7.11 Å². The van der Waals surface area contributed by atoms with E-state index in [-0.39, 0.29) is 18.2 Å². The first kappa shape index (κ1) is 30.1. The third-order valence-corrected chi connectivity index (χ3v) is 6.93. The van der Waals surface area contributed by atoms with Gasteiger partial charge >= 0.3 is 5.97 Å². The van der Waals surface area contributed by atoms with Crippen LogP contribution in [-0.4, -0.2) is 41.6 Å². The highest BCUT2D eigenvalue weighted by Gasteiger charge is 2.22. The monoisotopic (exact) mass is 585 g/mol. The Labute approximate surface area is 250 Å². The van der Waals surface area contributed by atoms with Crippen LogP contribution in [0.3, 0.4) is 0 Å². The van der Waals surface area contributed by atoms with E-state index in [1.807, 2.05) is 78.3 Å². The van der Waals surface area contributed by atoms with E-state index in [4.69, 9.17) is 14.2 Å². The first-order valence-electron chi connectivity index (χ1n) is 13.2. The van der Waals surface area contributed by atoms with Crippen LogP contribution in [0.2, 0.25) is 0 Å².